The Labute approximate surface area is 77.1 Å². The minimum absolute atomic E-state index is 0.275. The van der Waals surface area contributed by atoms with Crippen molar-refractivity contribution in [1.82, 2.24) is 9.55 Å². The standard InChI is InChI=1S/C9H14N4/c10-6-4-8-12-7-2-1-3-11-9(7)13(8)5-6/h6,11H,1-5,10H2. The van der Waals surface area contributed by atoms with Crippen molar-refractivity contribution in [2.24, 2.45) is 5.73 Å². The number of anilines is 1. The van der Waals surface area contributed by atoms with Gasteiger partial charge in [0, 0.05) is 25.6 Å². The molecule has 3 rings (SSSR count). The van der Waals surface area contributed by atoms with Crippen molar-refractivity contribution in [3.05, 3.63) is 11.5 Å². The number of fused-ring (bicyclic) bond motifs is 3. The lowest BCUT2D eigenvalue weighted by molar-refractivity contribution is 0.635. The number of nitrogens with two attached hydrogens (primary N) is 1. The van der Waals surface area contributed by atoms with Crippen LogP contribution in [0.3, 0.4) is 0 Å². The first-order valence-electron chi connectivity index (χ1n) is 4.92. The fourth-order valence-corrected chi connectivity index (χ4v) is 2.27. The molecule has 0 amide bonds. The molecular weight excluding hydrogens is 164 g/mol. The summed E-state index contributed by atoms with van der Waals surface area (Å²) in [6, 6.07) is 0.275. The average Bonchev–Trinajstić information content (AvgIpc) is 2.60. The van der Waals surface area contributed by atoms with Crippen LogP contribution >= 0.6 is 0 Å². The van der Waals surface area contributed by atoms with Gasteiger partial charge in [-0.15, -0.1) is 0 Å². The third-order valence-electron chi connectivity index (χ3n) is 2.86. The summed E-state index contributed by atoms with van der Waals surface area (Å²) in [7, 11) is 0. The maximum Gasteiger partial charge on any atom is 0.129 e. The summed E-state index contributed by atoms with van der Waals surface area (Å²) in [5, 5.41) is 3.41. The zero-order valence-corrected chi connectivity index (χ0v) is 7.58. The Hall–Kier alpha value is -1.03. The lowest BCUT2D eigenvalue weighted by atomic mass is 10.2. The van der Waals surface area contributed by atoms with Crippen LogP contribution in [0.1, 0.15) is 17.9 Å². The number of aryl methyl sites for hydroxylation is 1. The van der Waals surface area contributed by atoms with Gasteiger partial charge in [0.1, 0.15) is 11.6 Å². The van der Waals surface area contributed by atoms with Gasteiger partial charge in [0.15, 0.2) is 0 Å². The summed E-state index contributed by atoms with van der Waals surface area (Å²) < 4.78 is 2.25. The molecule has 1 aromatic heterocycles. The van der Waals surface area contributed by atoms with Crippen LogP contribution in [0.25, 0.3) is 0 Å². The number of imidazole rings is 1. The van der Waals surface area contributed by atoms with E-state index in [1.54, 1.807) is 0 Å². The van der Waals surface area contributed by atoms with Crippen molar-refractivity contribution in [1.29, 1.82) is 0 Å². The molecule has 4 nitrogen and oxygen atoms in total. The Morgan fingerprint density at radius 2 is 2.46 bits per heavy atom. The number of hydrogen-bond donors (Lipinski definition) is 2. The molecule has 4 heteroatoms. The molecule has 0 radical (unpaired) electrons. The Balaban J connectivity index is 2.07. The average molecular weight is 178 g/mol. The Morgan fingerprint density at radius 3 is 3.38 bits per heavy atom. The lowest BCUT2D eigenvalue weighted by Crippen LogP contribution is -2.23. The Bertz CT molecular complexity index is 342. The van der Waals surface area contributed by atoms with Gasteiger partial charge < -0.3 is 15.6 Å². The van der Waals surface area contributed by atoms with Gasteiger partial charge in [-0.05, 0) is 12.8 Å². The largest absolute Gasteiger partial charge is 0.370 e. The van der Waals surface area contributed by atoms with Crippen molar-refractivity contribution in [2.75, 3.05) is 11.9 Å². The van der Waals surface area contributed by atoms with Crippen molar-refractivity contribution in [2.45, 2.75) is 31.8 Å². The molecule has 2 aliphatic rings. The van der Waals surface area contributed by atoms with Crippen molar-refractivity contribution < 1.29 is 0 Å². The van der Waals surface area contributed by atoms with Crippen molar-refractivity contribution in [3.63, 3.8) is 0 Å². The first-order chi connectivity index (χ1) is 6.34. The van der Waals surface area contributed by atoms with Gasteiger partial charge in [0.05, 0.1) is 5.69 Å². The highest BCUT2D eigenvalue weighted by atomic mass is 15.2. The summed E-state index contributed by atoms with van der Waals surface area (Å²) in [5.74, 6) is 2.40. The molecule has 3 heterocycles. The van der Waals surface area contributed by atoms with E-state index < -0.39 is 0 Å². The highest BCUT2D eigenvalue weighted by molar-refractivity contribution is 5.46. The van der Waals surface area contributed by atoms with E-state index in [2.05, 4.69) is 14.9 Å². The van der Waals surface area contributed by atoms with Crippen molar-refractivity contribution in [3.8, 4) is 0 Å². The van der Waals surface area contributed by atoms with Crippen LogP contribution in [0.15, 0.2) is 0 Å². The van der Waals surface area contributed by atoms with E-state index in [0.29, 0.717) is 0 Å². The zero-order valence-electron chi connectivity index (χ0n) is 7.58. The summed E-state index contributed by atoms with van der Waals surface area (Å²) in [6.45, 7) is 2.01. The van der Waals surface area contributed by atoms with Gasteiger partial charge in [-0.2, -0.15) is 0 Å². The van der Waals surface area contributed by atoms with Crippen molar-refractivity contribution >= 4 is 5.82 Å². The van der Waals surface area contributed by atoms with Crippen LogP contribution < -0.4 is 11.1 Å². The van der Waals surface area contributed by atoms with Crippen LogP contribution in [-0.2, 0) is 19.4 Å². The van der Waals surface area contributed by atoms with Gasteiger partial charge in [0.25, 0.3) is 0 Å². The van der Waals surface area contributed by atoms with Gasteiger partial charge in [0.2, 0.25) is 0 Å². The molecule has 1 unspecified atom stereocenters. The van der Waals surface area contributed by atoms with Crippen LogP contribution in [0.4, 0.5) is 5.82 Å². The van der Waals surface area contributed by atoms with Crippen LogP contribution in [0.5, 0.6) is 0 Å². The predicted octanol–water partition coefficient (Wildman–Crippen LogP) is 0.125. The van der Waals surface area contributed by atoms with Crippen LogP contribution in [0.2, 0.25) is 0 Å². The summed E-state index contributed by atoms with van der Waals surface area (Å²) in [4.78, 5) is 4.60. The Kier molecular flexibility index (Phi) is 1.41. The molecule has 70 valence electrons. The van der Waals surface area contributed by atoms with Gasteiger partial charge in [-0.3, -0.25) is 0 Å². The molecule has 1 aromatic rings. The molecule has 0 saturated carbocycles. The second-order valence-corrected chi connectivity index (χ2v) is 3.93. The maximum atomic E-state index is 5.87. The van der Waals surface area contributed by atoms with E-state index in [-0.39, 0.29) is 6.04 Å². The molecule has 0 aliphatic carbocycles. The van der Waals surface area contributed by atoms with E-state index in [4.69, 9.17) is 5.73 Å². The molecular formula is C9H14N4. The molecule has 0 fully saturated rings. The summed E-state index contributed by atoms with van der Waals surface area (Å²) in [6.07, 6.45) is 3.27. The Morgan fingerprint density at radius 1 is 1.54 bits per heavy atom. The fraction of sp³-hybridized carbons (Fsp3) is 0.667. The molecule has 1 atom stereocenters. The molecule has 13 heavy (non-hydrogen) atoms. The third kappa shape index (κ3) is 0.983. The van der Waals surface area contributed by atoms with E-state index in [1.807, 2.05) is 0 Å². The molecule has 2 aliphatic heterocycles. The van der Waals surface area contributed by atoms with E-state index in [1.165, 1.54) is 23.8 Å². The third-order valence-corrected chi connectivity index (χ3v) is 2.86. The highest BCUT2D eigenvalue weighted by Gasteiger charge is 2.26. The van der Waals surface area contributed by atoms with Gasteiger partial charge in [-0.25, -0.2) is 4.98 Å². The van der Waals surface area contributed by atoms with Crippen LogP contribution in [-0.4, -0.2) is 22.1 Å². The van der Waals surface area contributed by atoms with Gasteiger partial charge >= 0.3 is 0 Å². The SMILES string of the molecule is NC1Cc2nc3c(n2C1)NCCC3. The molecule has 0 bridgehead atoms. The monoisotopic (exact) mass is 178 g/mol. The first kappa shape index (κ1) is 7.38. The summed E-state index contributed by atoms with van der Waals surface area (Å²) >= 11 is 0. The topological polar surface area (TPSA) is 55.9 Å². The number of hydrogen-bond acceptors (Lipinski definition) is 3. The zero-order chi connectivity index (χ0) is 8.84. The maximum absolute atomic E-state index is 5.87. The molecule has 0 aromatic carbocycles. The quantitative estimate of drug-likeness (QED) is 0.593. The molecule has 0 spiro atoms. The lowest BCUT2D eigenvalue weighted by Gasteiger charge is -2.15. The second-order valence-electron chi connectivity index (χ2n) is 3.93. The fourth-order valence-electron chi connectivity index (χ4n) is 2.27. The molecule has 3 N–H and O–H groups in total. The van der Waals surface area contributed by atoms with Gasteiger partial charge in [-0.1, -0.05) is 0 Å². The number of nitrogens with zero attached hydrogens (tertiary/aromatic N) is 2. The number of nitrogens with one attached hydrogen (secondary N) is 1. The van der Waals surface area contributed by atoms with E-state index >= 15 is 0 Å². The normalized spacial score (nSPS) is 25.2. The summed E-state index contributed by atoms with van der Waals surface area (Å²) in [5.41, 5.74) is 7.12. The first-order valence-corrected chi connectivity index (χ1v) is 4.92. The number of aromatic nitrogens is 2. The minimum Gasteiger partial charge on any atom is -0.370 e. The minimum atomic E-state index is 0.275. The van der Waals surface area contributed by atoms with E-state index in [9.17, 15) is 0 Å². The number of rotatable bonds is 0. The van der Waals surface area contributed by atoms with Crippen LogP contribution in [0, 0.1) is 0 Å². The van der Waals surface area contributed by atoms with E-state index in [0.717, 1.165) is 25.9 Å². The predicted molar refractivity (Wildman–Crippen MR) is 50.7 cm³/mol. The second kappa shape index (κ2) is 2.48. The highest BCUT2D eigenvalue weighted by Crippen LogP contribution is 2.27. The smallest absolute Gasteiger partial charge is 0.129 e. The molecule has 0 saturated heterocycles.